The molecule has 0 spiro atoms. The van der Waals surface area contributed by atoms with Crippen LogP contribution in [0, 0.1) is 0 Å². The van der Waals surface area contributed by atoms with E-state index in [1.54, 1.807) is 0 Å². The summed E-state index contributed by atoms with van der Waals surface area (Å²) in [5, 5.41) is 14.8. The topological polar surface area (TPSA) is 99.2 Å². The van der Waals surface area contributed by atoms with Crippen LogP contribution in [-0.4, -0.2) is 49.7 Å². The van der Waals surface area contributed by atoms with Crippen molar-refractivity contribution in [1.82, 2.24) is 20.2 Å². The molecule has 0 bridgehead atoms. The van der Waals surface area contributed by atoms with E-state index in [9.17, 15) is 9.59 Å². The second-order valence-corrected chi connectivity index (χ2v) is 7.68. The molecular weight excluding hydrogens is 352 g/mol. The van der Waals surface area contributed by atoms with Gasteiger partial charge in [0.2, 0.25) is 0 Å². The van der Waals surface area contributed by atoms with Crippen molar-refractivity contribution in [3.8, 4) is 5.82 Å². The number of amides is 2. The van der Waals surface area contributed by atoms with E-state index < -0.39 is 5.97 Å². The molecule has 2 aromatic rings. The highest BCUT2D eigenvalue weighted by atomic mass is 32.2. The number of thioether (sulfide) groups is 1. The van der Waals surface area contributed by atoms with E-state index in [2.05, 4.69) is 15.6 Å². The Labute approximate surface area is 156 Å². The Morgan fingerprint density at radius 1 is 1.23 bits per heavy atom. The fraction of sp³-hybridized carbons (Fsp3) is 0.444. The van der Waals surface area contributed by atoms with Gasteiger partial charge in [-0.05, 0) is 37.1 Å². The van der Waals surface area contributed by atoms with Gasteiger partial charge in [0.25, 0.3) is 0 Å². The number of carbonyl (C=O) groups excluding carboxylic acids is 1. The number of carboxylic acid groups (broad SMARTS) is 1. The molecule has 2 aliphatic rings. The molecule has 140 valence electrons. The zero-order valence-electron chi connectivity index (χ0n) is 14.4. The number of urea groups is 1. The third-order valence-corrected chi connectivity index (χ3v) is 6.04. The van der Waals surface area contributed by atoms with Gasteiger partial charge in [-0.15, -0.1) is 0 Å². The Balaban J connectivity index is 0.000000167. The molecule has 4 N–H and O–H groups in total. The van der Waals surface area contributed by atoms with Crippen LogP contribution in [0.4, 0.5) is 4.79 Å². The molecule has 4 rings (SSSR count). The number of unbranched alkanes of at least 4 members (excludes halogenated alkanes) is 1. The molecule has 4 heterocycles. The number of fused-ring (bicyclic) bond motifs is 1. The number of rotatable bonds is 6. The third kappa shape index (κ3) is 4.85. The first-order valence-corrected chi connectivity index (χ1v) is 9.85. The molecule has 2 fully saturated rings. The quantitative estimate of drug-likeness (QED) is 0.460. The van der Waals surface area contributed by atoms with Crippen molar-refractivity contribution >= 4 is 23.8 Å². The van der Waals surface area contributed by atoms with Crippen LogP contribution in [0.15, 0.2) is 42.9 Å². The van der Waals surface area contributed by atoms with Crippen molar-refractivity contribution in [3.05, 3.63) is 42.9 Å². The average molecular weight is 376 g/mol. The Hall–Kier alpha value is -2.35. The Morgan fingerprint density at radius 3 is 2.73 bits per heavy atom. The van der Waals surface area contributed by atoms with Gasteiger partial charge in [0.15, 0.2) is 0 Å². The summed E-state index contributed by atoms with van der Waals surface area (Å²) in [4.78, 5) is 24.6. The minimum absolute atomic E-state index is 0.0640. The van der Waals surface area contributed by atoms with Gasteiger partial charge in [-0.3, -0.25) is 4.79 Å². The van der Waals surface area contributed by atoms with E-state index in [4.69, 9.17) is 5.11 Å². The van der Waals surface area contributed by atoms with E-state index in [1.165, 1.54) is 0 Å². The molecular formula is C18H24N4O3S. The molecule has 0 aromatic carbocycles. The third-order valence-electron chi connectivity index (χ3n) is 4.53. The lowest BCUT2D eigenvalue weighted by atomic mass is 10.0. The number of carbonyl (C=O) groups is 2. The summed E-state index contributed by atoms with van der Waals surface area (Å²) in [5.41, 5.74) is 0. The fourth-order valence-corrected chi connectivity index (χ4v) is 4.78. The Kier molecular flexibility index (Phi) is 6.27. The molecule has 3 atom stereocenters. The average Bonchev–Trinajstić information content (AvgIpc) is 3.36. The van der Waals surface area contributed by atoms with E-state index in [0.717, 1.165) is 30.8 Å². The molecule has 2 saturated heterocycles. The predicted octanol–water partition coefficient (Wildman–Crippen LogP) is 2.60. The highest BCUT2D eigenvalue weighted by molar-refractivity contribution is 8.00. The van der Waals surface area contributed by atoms with Gasteiger partial charge in [0, 0.05) is 36.0 Å². The SMILES string of the molecule is O=C(O)CCCC[C@@H]1SC[C@@H]2NC(=O)N[C@@H]21.c1c[nH]c(-n2cccc2)c1. The molecule has 2 aliphatic heterocycles. The molecule has 0 radical (unpaired) electrons. The summed E-state index contributed by atoms with van der Waals surface area (Å²) < 4.78 is 2.03. The first kappa shape index (κ1) is 18.4. The van der Waals surface area contributed by atoms with Crippen molar-refractivity contribution in [2.45, 2.75) is 43.0 Å². The maximum absolute atomic E-state index is 11.1. The summed E-state index contributed by atoms with van der Waals surface area (Å²) in [6.45, 7) is 0. The van der Waals surface area contributed by atoms with Crippen molar-refractivity contribution in [1.29, 1.82) is 0 Å². The van der Waals surface area contributed by atoms with Gasteiger partial charge in [0.05, 0.1) is 12.1 Å². The largest absolute Gasteiger partial charge is 0.481 e. The van der Waals surface area contributed by atoms with E-state index in [0.29, 0.717) is 5.25 Å². The Bertz CT molecular complexity index is 670. The van der Waals surface area contributed by atoms with Crippen LogP contribution in [-0.2, 0) is 4.79 Å². The van der Waals surface area contributed by atoms with Gasteiger partial charge in [-0.1, -0.05) is 6.42 Å². The zero-order valence-corrected chi connectivity index (χ0v) is 15.2. The predicted molar refractivity (Wildman–Crippen MR) is 102 cm³/mol. The minimum Gasteiger partial charge on any atom is -0.481 e. The van der Waals surface area contributed by atoms with Crippen molar-refractivity contribution < 1.29 is 14.7 Å². The Morgan fingerprint density at radius 2 is 2.04 bits per heavy atom. The summed E-state index contributed by atoms with van der Waals surface area (Å²) in [6, 6.07) is 8.45. The number of nitrogens with one attached hydrogen (secondary N) is 3. The minimum atomic E-state index is -0.729. The van der Waals surface area contributed by atoms with Crippen LogP contribution in [0.1, 0.15) is 25.7 Å². The molecule has 2 amide bonds. The molecule has 0 aliphatic carbocycles. The van der Waals surface area contributed by atoms with Gasteiger partial charge < -0.3 is 25.3 Å². The second kappa shape index (κ2) is 8.84. The van der Waals surface area contributed by atoms with Crippen LogP contribution in [0.3, 0.4) is 0 Å². The van der Waals surface area contributed by atoms with Crippen molar-refractivity contribution in [2.75, 3.05) is 5.75 Å². The number of aliphatic carboxylic acids is 1. The zero-order chi connectivity index (χ0) is 18.4. The maximum atomic E-state index is 11.1. The smallest absolute Gasteiger partial charge is 0.315 e. The van der Waals surface area contributed by atoms with Crippen LogP contribution in [0.25, 0.3) is 5.82 Å². The summed E-state index contributed by atoms with van der Waals surface area (Å²) in [7, 11) is 0. The van der Waals surface area contributed by atoms with E-state index in [1.807, 2.05) is 59.2 Å². The number of hydrogen-bond acceptors (Lipinski definition) is 3. The molecule has 7 nitrogen and oxygen atoms in total. The summed E-state index contributed by atoms with van der Waals surface area (Å²) in [6.07, 6.45) is 8.80. The van der Waals surface area contributed by atoms with Crippen LogP contribution in [0.5, 0.6) is 0 Å². The van der Waals surface area contributed by atoms with Gasteiger partial charge in [0.1, 0.15) is 5.82 Å². The summed E-state index contributed by atoms with van der Waals surface area (Å²) in [5.74, 6) is 1.34. The molecule has 0 unspecified atom stereocenters. The number of H-pyrrole nitrogens is 1. The lowest BCUT2D eigenvalue weighted by Crippen LogP contribution is -2.36. The number of aromatic amines is 1. The van der Waals surface area contributed by atoms with Crippen LogP contribution < -0.4 is 10.6 Å². The van der Waals surface area contributed by atoms with Crippen molar-refractivity contribution in [2.24, 2.45) is 0 Å². The lowest BCUT2D eigenvalue weighted by Gasteiger charge is -2.16. The standard InChI is InChI=1S/C10H16N2O3S.C8H8N2/c13-8(14)4-2-1-3-7-9-6(5-16-7)11-10(15)12-9;1-2-7-10(6-1)8-4-3-5-9-8/h6-7,9H,1-5H2,(H,13,14)(H2,11,12,15);1-7,9H/t6-,7-,9-;/m0./s1. The number of carboxylic acids is 1. The molecule has 8 heteroatoms. The van der Waals surface area contributed by atoms with Crippen LogP contribution >= 0.6 is 11.8 Å². The number of aromatic nitrogens is 2. The van der Waals surface area contributed by atoms with Crippen LogP contribution in [0.2, 0.25) is 0 Å². The molecule has 2 aromatic heterocycles. The fourth-order valence-electron chi connectivity index (χ4n) is 3.24. The first-order chi connectivity index (χ1) is 12.6. The van der Waals surface area contributed by atoms with Gasteiger partial charge in [-0.2, -0.15) is 11.8 Å². The summed E-state index contributed by atoms with van der Waals surface area (Å²) >= 11 is 1.87. The lowest BCUT2D eigenvalue weighted by molar-refractivity contribution is -0.137. The normalized spacial score (nSPS) is 23.5. The maximum Gasteiger partial charge on any atom is 0.315 e. The second-order valence-electron chi connectivity index (χ2n) is 6.41. The van der Waals surface area contributed by atoms with E-state index >= 15 is 0 Å². The highest BCUT2D eigenvalue weighted by Gasteiger charge is 2.42. The first-order valence-electron chi connectivity index (χ1n) is 8.80. The van der Waals surface area contributed by atoms with Crippen molar-refractivity contribution in [3.63, 3.8) is 0 Å². The monoisotopic (exact) mass is 376 g/mol. The van der Waals surface area contributed by atoms with Gasteiger partial charge >= 0.3 is 12.0 Å². The number of nitrogens with zero attached hydrogens (tertiary/aromatic N) is 1. The van der Waals surface area contributed by atoms with E-state index in [-0.39, 0.29) is 24.5 Å². The molecule has 0 saturated carbocycles. The highest BCUT2D eigenvalue weighted by Crippen LogP contribution is 2.33. The number of hydrogen-bond donors (Lipinski definition) is 4. The molecule has 26 heavy (non-hydrogen) atoms. The van der Waals surface area contributed by atoms with Gasteiger partial charge in [-0.25, -0.2) is 4.79 Å².